The van der Waals surface area contributed by atoms with Crippen molar-refractivity contribution in [2.75, 3.05) is 20.8 Å². The number of amides is 1. The van der Waals surface area contributed by atoms with E-state index in [4.69, 9.17) is 19.9 Å². The van der Waals surface area contributed by atoms with Gasteiger partial charge in [-0.1, -0.05) is 18.2 Å². The van der Waals surface area contributed by atoms with Gasteiger partial charge in [0.25, 0.3) is 0 Å². The van der Waals surface area contributed by atoms with Gasteiger partial charge in [0.05, 0.1) is 26.4 Å². The monoisotopic (exact) mass is 554 g/mol. The Kier molecular flexibility index (Phi) is 6.73. The number of aromatic nitrogens is 1. The maximum Gasteiger partial charge on any atom is 0.249 e. The van der Waals surface area contributed by atoms with Crippen LogP contribution in [0.5, 0.6) is 17.2 Å². The van der Waals surface area contributed by atoms with Crippen LogP contribution >= 0.6 is 11.3 Å². The molecule has 0 spiro atoms. The van der Waals surface area contributed by atoms with Gasteiger partial charge in [-0.05, 0) is 71.3 Å². The summed E-state index contributed by atoms with van der Waals surface area (Å²) in [4.78, 5) is 17.6. The molecular weight excluding hydrogens is 524 g/mol. The van der Waals surface area contributed by atoms with Crippen molar-refractivity contribution in [3.05, 3.63) is 87.9 Å². The highest BCUT2D eigenvalue weighted by atomic mass is 32.1. The molecule has 1 aliphatic rings. The fourth-order valence-electron chi connectivity index (χ4n) is 5.82. The number of aliphatic hydroxyl groups excluding tert-OH is 1. The van der Waals surface area contributed by atoms with Gasteiger partial charge in [-0.3, -0.25) is 4.79 Å². The van der Waals surface area contributed by atoms with Gasteiger partial charge in [-0.15, -0.1) is 11.3 Å². The van der Waals surface area contributed by atoms with E-state index in [9.17, 15) is 9.90 Å². The smallest absolute Gasteiger partial charge is 0.249 e. The summed E-state index contributed by atoms with van der Waals surface area (Å²) < 4.78 is 17.5. The summed E-state index contributed by atoms with van der Waals surface area (Å²) in [5, 5.41) is 14.0. The van der Waals surface area contributed by atoms with Crippen LogP contribution in [0.15, 0.2) is 60.1 Å². The number of H-pyrrole nitrogens is 1. The quantitative estimate of drug-likeness (QED) is 0.212. The van der Waals surface area contributed by atoms with Gasteiger partial charge >= 0.3 is 0 Å². The minimum atomic E-state index is -0.550. The molecule has 0 saturated carbocycles. The normalized spacial score (nSPS) is 12.9. The summed E-state index contributed by atoms with van der Waals surface area (Å²) in [6.45, 7) is 2.15. The molecule has 6 rings (SSSR count). The number of hydrogen-bond acceptors (Lipinski definition) is 6. The van der Waals surface area contributed by atoms with Crippen molar-refractivity contribution in [3.63, 3.8) is 0 Å². The number of nitrogens with two attached hydrogens (primary N) is 1. The number of carbonyl (C=O) groups is 1. The third-order valence-corrected chi connectivity index (χ3v) is 8.76. The number of aliphatic hydroxyl groups is 1. The molecule has 204 valence electrons. The minimum absolute atomic E-state index is 0.193. The predicted octanol–water partition coefficient (Wildman–Crippen LogP) is 6.20. The molecule has 1 amide bonds. The molecule has 5 aromatic rings. The third-order valence-electron chi connectivity index (χ3n) is 7.71. The number of ether oxygens (including phenoxy) is 3. The van der Waals surface area contributed by atoms with Gasteiger partial charge in [-0.25, -0.2) is 0 Å². The molecule has 0 fully saturated rings. The first kappa shape index (κ1) is 26.0. The second-order valence-electron chi connectivity index (χ2n) is 9.98. The fraction of sp³-hybridized carbons (Fsp3) is 0.219. The van der Waals surface area contributed by atoms with E-state index in [0.29, 0.717) is 41.4 Å². The summed E-state index contributed by atoms with van der Waals surface area (Å²) in [5.74, 6) is 0.799. The molecule has 1 aliphatic heterocycles. The van der Waals surface area contributed by atoms with Crippen LogP contribution in [0.4, 0.5) is 0 Å². The molecular formula is C32H30N2O5S. The van der Waals surface area contributed by atoms with Crippen molar-refractivity contribution >= 4 is 28.1 Å². The number of aromatic amines is 1. The van der Waals surface area contributed by atoms with E-state index in [1.165, 1.54) is 0 Å². The van der Waals surface area contributed by atoms with Crippen molar-refractivity contribution in [3.8, 4) is 38.8 Å². The molecule has 0 bridgehead atoms. The summed E-state index contributed by atoms with van der Waals surface area (Å²) in [5.41, 5.74) is 13.6. The van der Waals surface area contributed by atoms with Gasteiger partial charge in [0, 0.05) is 44.6 Å². The summed E-state index contributed by atoms with van der Waals surface area (Å²) in [6.07, 6.45) is 2.46. The van der Waals surface area contributed by atoms with Crippen LogP contribution in [0.1, 0.15) is 38.5 Å². The second-order valence-corrected chi connectivity index (χ2v) is 10.9. The molecule has 7 nitrogen and oxygen atoms in total. The third kappa shape index (κ3) is 4.20. The summed E-state index contributed by atoms with van der Waals surface area (Å²) in [7, 11) is 3.19. The van der Waals surface area contributed by atoms with Crippen LogP contribution in [0.3, 0.4) is 0 Å². The zero-order valence-electron chi connectivity index (χ0n) is 22.5. The number of hydrogen-bond donors (Lipinski definition) is 3. The van der Waals surface area contributed by atoms with Gasteiger partial charge in [0.2, 0.25) is 5.91 Å². The van der Waals surface area contributed by atoms with Crippen molar-refractivity contribution in [1.29, 1.82) is 0 Å². The lowest BCUT2D eigenvalue weighted by atomic mass is 9.79. The number of rotatable bonds is 8. The molecule has 3 heterocycles. The molecule has 8 heteroatoms. The topological polar surface area (TPSA) is 107 Å². The highest BCUT2D eigenvalue weighted by Gasteiger charge is 2.33. The van der Waals surface area contributed by atoms with Crippen LogP contribution < -0.4 is 19.9 Å². The van der Waals surface area contributed by atoms with Gasteiger partial charge in [0.15, 0.2) is 11.5 Å². The van der Waals surface area contributed by atoms with Crippen molar-refractivity contribution in [2.45, 2.75) is 25.9 Å². The first-order chi connectivity index (χ1) is 19.4. The van der Waals surface area contributed by atoms with E-state index in [2.05, 4.69) is 11.1 Å². The number of methoxy groups -OCH3 is 2. The molecule has 3 aromatic carbocycles. The lowest BCUT2D eigenvalue weighted by Crippen LogP contribution is -2.22. The predicted molar refractivity (Wildman–Crippen MR) is 158 cm³/mol. The van der Waals surface area contributed by atoms with Crippen LogP contribution in [0, 0.1) is 6.92 Å². The molecule has 0 unspecified atom stereocenters. The van der Waals surface area contributed by atoms with Crippen LogP contribution in [-0.2, 0) is 13.0 Å². The minimum Gasteiger partial charge on any atom is -0.493 e. The zero-order valence-corrected chi connectivity index (χ0v) is 23.4. The van der Waals surface area contributed by atoms with Gasteiger partial charge in [0.1, 0.15) is 12.4 Å². The van der Waals surface area contributed by atoms with E-state index in [1.54, 1.807) is 25.6 Å². The van der Waals surface area contributed by atoms with Gasteiger partial charge < -0.3 is 30.0 Å². The number of aryl methyl sites for hydroxylation is 1. The molecule has 4 N–H and O–H groups in total. The molecule has 40 heavy (non-hydrogen) atoms. The Labute approximate surface area is 236 Å². The molecule has 0 radical (unpaired) electrons. The van der Waals surface area contributed by atoms with E-state index in [-0.39, 0.29) is 6.61 Å². The van der Waals surface area contributed by atoms with Gasteiger partial charge in [-0.2, -0.15) is 0 Å². The Balaban J connectivity index is 1.66. The number of primary amides is 1. The highest BCUT2D eigenvalue weighted by Crippen LogP contribution is 2.51. The average Bonchev–Trinajstić information content (AvgIpc) is 3.59. The molecule has 2 aromatic heterocycles. The van der Waals surface area contributed by atoms with Crippen molar-refractivity contribution in [1.82, 2.24) is 4.98 Å². The Morgan fingerprint density at radius 3 is 2.60 bits per heavy atom. The highest BCUT2D eigenvalue weighted by molar-refractivity contribution is 7.13. The van der Waals surface area contributed by atoms with Crippen LogP contribution in [0.2, 0.25) is 0 Å². The number of carbonyl (C=O) groups excluding carboxylic acids is 1. The van der Waals surface area contributed by atoms with Crippen molar-refractivity contribution in [2.24, 2.45) is 5.73 Å². The maximum absolute atomic E-state index is 13.4. The van der Waals surface area contributed by atoms with E-state index in [1.807, 2.05) is 61.0 Å². The SMILES string of the molecule is COc1cc2c(cc1OC)-c1c(cc(-c3sccc3C)c(C(N)=O)c1[C@H](CO)Cc1c[nH]c3ccccc13)OC2. The Morgan fingerprint density at radius 1 is 1.12 bits per heavy atom. The number of benzene rings is 3. The first-order valence-corrected chi connectivity index (χ1v) is 13.9. The summed E-state index contributed by atoms with van der Waals surface area (Å²) >= 11 is 1.55. The molecule has 0 aliphatic carbocycles. The fourth-order valence-corrected chi connectivity index (χ4v) is 6.77. The molecule has 0 saturated heterocycles. The largest absolute Gasteiger partial charge is 0.493 e. The number of fused-ring (bicyclic) bond motifs is 4. The van der Waals surface area contributed by atoms with Crippen LogP contribution in [0.25, 0.3) is 32.5 Å². The lowest BCUT2D eigenvalue weighted by Gasteiger charge is -2.30. The number of para-hydroxylation sites is 1. The maximum atomic E-state index is 13.4. The molecule has 1 atom stereocenters. The van der Waals surface area contributed by atoms with E-state index < -0.39 is 11.8 Å². The lowest BCUT2D eigenvalue weighted by molar-refractivity contribution is 0.0999. The Morgan fingerprint density at radius 2 is 1.90 bits per heavy atom. The zero-order chi connectivity index (χ0) is 28.0. The van der Waals surface area contributed by atoms with E-state index >= 15 is 0 Å². The van der Waals surface area contributed by atoms with E-state index in [0.717, 1.165) is 49.2 Å². The second kappa shape index (κ2) is 10.4. The van der Waals surface area contributed by atoms with Crippen molar-refractivity contribution < 1.29 is 24.1 Å². The Hall–Kier alpha value is -4.27. The number of thiophene rings is 1. The standard InChI is InChI=1S/C32H30N2O5S/c1-17-8-9-40-31(17)23-13-27-29(22-12-26(38-3)25(37-2)11-20(22)16-39-27)28(30(23)32(33)36)19(15-35)10-18-14-34-24-7-5-4-6-21(18)24/h4-9,11-14,19,34-35H,10,15-16H2,1-3H3,(H2,33,36)/t19-/m0/s1. The first-order valence-electron chi connectivity index (χ1n) is 13.0. The number of nitrogens with one attached hydrogen (secondary N) is 1. The average molecular weight is 555 g/mol. The Bertz CT molecular complexity index is 1750. The van der Waals surface area contributed by atoms with Crippen LogP contribution in [-0.4, -0.2) is 36.8 Å². The summed E-state index contributed by atoms with van der Waals surface area (Å²) in [6, 6.07) is 15.8.